The fourth-order valence-corrected chi connectivity index (χ4v) is 1.75. The summed E-state index contributed by atoms with van der Waals surface area (Å²) >= 11 is 0. The zero-order valence-corrected chi connectivity index (χ0v) is 10.8. The predicted molar refractivity (Wildman–Crippen MR) is 66.1 cm³/mol. The Morgan fingerprint density at radius 1 is 1.36 bits per heavy atom. The monoisotopic (exact) mass is 204 g/mol. The molecule has 0 fully saturated rings. The van der Waals surface area contributed by atoms with Gasteiger partial charge in [0.1, 0.15) is 10.5 Å². The number of hydrogen-bond acceptors (Lipinski definition) is 1. The van der Waals surface area contributed by atoms with E-state index < -0.39 is 0 Å². The summed E-state index contributed by atoms with van der Waals surface area (Å²) in [5.41, 5.74) is 3.43. The molecule has 1 nitrogen and oxygen atoms in total. The Bertz CT molecular complexity index is 344. The van der Waals surface area contributed by atoms with E-state index in [1.165, 1.54) is 5.56 Å². The highest BCUT2D eigenvalue weighted by atomic mass is 28.2. The molecule has 0 saturated carbocycles. The van der Waals surface area contributed by atoms with Gasteiger partial charge in [-0.2, -0.15) is 0 Å². The highest BCUT2D eigenvalue weighted by molar-refractivity contribution is 5.98. The maximum Gasteiger partial charge on any atom is 0.146 e. The van der Waals surface area contributed by atoms with Crippen molar-refractivity contribution in [3.63, 3.8) is 0 Å². The zero-order valence-electron chi connectivity index (χ0n) is 8.79. The summed E-state index contributed by atoms with van der Waals surface area (Å²) in [5.74, 6) is 0. The van der Waals surface area contributed by atoms with Gasteiger partial charge < -0.3 is 4.43 Å². The highest BCUT2D eigenvalue weighted by Gasteiger charge is 2.08. The van der Waals surface area contributed by atoms with Crippen molar-refractivity contribution < 1.29 is 4.43 Å². The van der Waals surface area contributed by atoms with Crippen LogP contribution in [0.4, 0.5) is 0 Å². The van der Waals surface area contributed by atoms with Crippen molar-refractivity contribution in [2.24, 2.45) is 0 Å². The Hall–Kier alpha value is -1.12. The standard InChI is InChI=1S/C12H16OSi/c1-4-10-7-6-8-12(9(3)13-14)11(10)5-2/h4-9H,1-2H2,3,14H3. The minimum absolute atomic E-state index is 0.148. The molecule has 1 atom stereocenters. The smallest absolute Gasteiger partial charge is 0.146 e. The van der Waals surface area contributed by atoms with Crippen molar-refractivity contribution in [2.75, 3.05) is 0 Å². The van der Waals surface area contributed by atoms with Gasteiger partial charge in [0.15, 0.2) is 0 Å². The van der Waals surface area contributed by atoms with Gasteiger partial charge in [-0.15, -0.1) is 0 Å². The van der Waals surface area contributed by atoms with Crippen LogP contribution in [0, 0.1) is 0 Å². The lowest BCUT2D eigenvalue weighted by molar-refractivity contribution is 0.250. The Morgan fingerprint density at radius 3 is 2.57 bits per heavy atom. The first-order valence-electron chi connectivity index (χ1n) is 4.65. The van der Waals surface area contributed by atoms with Crippen LogP contribution in [-0.2, 0) is 4.43 Å². The van der Waals surface area contributed by atoms with Gasteiger partial charge in [-0.3, -0.25) is 0 Å². The normalized spacial score (nSPS) is 12.4. The van der Waals surface area contributed by atoms with E-state index in [4.69, 9.17) is 4.43 Å². The molecule has 2 heteroatoms. The largest absolute Gasteiger partial charge is 0.421 e. The van der Waals surface area contributed by atoms with E-state index in [1.807, 2.05) is 24.3 Å². The van der Waals surface area contributed by atoms with E-state index in [-0.39, 0.29) is 6.10 Å². The molecule has 0 aliphatic heterocycles. The second kappa shape index (κ2) is 4.93. The molecule has 1 rings (SSSR count). The average molecular weight is 204 g/mol. The Morgan fingerprint density at radius 2 is 2.07 bits per heavy atom. The van der Waals surface area contributed by atoms with Gasteiger partial charge in [-0.1, -0.05) is 43.5 Å². The Kier molecular flexibility index (Phi) is 3.86. The maximum atomic E-state index is 5.44. The third-order valence-corrected chi connectivity index (χ3v) is 3.10. The third kappa shape index (κ3) is 2.03. The minimum atomic E-state index is 0.148. The molecular formula is C12H16OSi. The van der Waals surface area contributed by atoms with E-state index in [2.05, 4.69) is 26.1 Å². The minimum Gasteiger partial charge on any atom is -0.421 e. The van der Waals surface area contributed by atoms with E-state index >= 15 is 0 Å². The van der Waals surface area contributed by atoms with Crippen LogP contribution in [0.15, 0.2) is 31.4 Å². The van der Waals surface area contributed by atoms with Gasteiger partial charge >= 0.3 is 0 Å². The summed E-state index contributed by atoms with van der Waals surface area (Å²) in [6.45, 7) is 9.67. The van der Waals surface area contributed by atoms with Crippen molar-refractivity contribution >= 4 is 22.6 Å². The molecule has 0 N–H and O–H groups in total. The van der Waals surface area contributed by atoms with Crippen molar-refractivity contribution in [1.82, 2.24) is 0 Å². The first-order valence-corrected chi connectivity index (χ1v) is 5.46. The molecular weight excluding hydrogens is 188 g/mol. The summed E-state index contributed by atoms with van der Waals surface area (Å²) in [6.07, 6.45) is 3.86. The van der Waals surface area contributed by atoms with Crippen LogP contribution in [0.5, 0.6) is 0 Å². The summed E-state index contributed by atoms with van der Waals surface area (Å²) in [5, 5.41) is 0. The summed E-state index contributed by atoms with van der Waals surface area (Å²) in [6, 6.07) is 6.14. The fraction of sp³-hybridized carbons (Fsp3) is 0.167. The lowest BCUT2D eigenvalue weighted by Crippen LogP contribution is -2.00. The summed E-state index contributed by atoms with van der Waals surface area (Å²) in [4.78, 5) is 0. The van der Waals surface area contributed by atoms with Crippen LogP contribution < -0.4 is 0 Å². The van der Waals surface area contributed by atoms with E-state index in [1.54, 1.807) is 0 Å². The molecule has 74 valence electrons. The lowest BCUT2D eigenvalue weighted by Gasteiger charge is -2.15. The van der Waals surface area contributed by atoms with Crippen LogP contribution in [0.2, 0.25) is 0 Å². The van der Waals surface area contributed by atoms with Gasteiger partial charge in [-0.05, 0) is 23.6 Å². The number of hydrogen-bond donors (Lipinski definition) is 0. The molecule has 1 aromatic carbocycles. The SMILES string of the molecule is C=Cc1cccc(C(C)O[SiH3])c1C=C. The molecule has 0 aliphatic carbocycles. The molecule has 0 amide bonds. The second-order valence-corrected chi connectivity index (χ2v) is 3.61. The summed E-state index contributed by atoms with van der Waals surface area (Å²) < 4.78 is 5.44. The first-order chi connectivity index (χ1) is 6.74. The van der Waals surface area contributed by atoms with Gasteiger partial charge in [0, 0.05) is 0 Å². The van der Waals surface area contributed by atoms with Crippen LogP contribution >= 0.6 is 0 Å². The van der Waals surface area contributed by atoms with E-state index in [9.17, 15) is 0 Å². The van der Waals surface area contributed by atoms with E-state index in [0.29, 0.717) is 0 Å². The van der Waals surface area contributed by atoms with Crippen molar-refractivity contribution in [3.05, 3.63) is 48.0 Å². The molecule has 0 heterocycles. The predicted octanol–water partition coefficient (Wildman–Crippen LogP) is 2.33. The van der Waals surface area contributed by atoms with Crippen molar-refractivity contribution in [1.29, 1.82) is 0 Å². The molecule has 0 saturated heterocycles. The molecule has 0 aliphatic rings. The molecule has 0 radical (unpaired) electrons. The van der Waals surface area contributed by atoms with Crippen molar-refractivity contribution in [3.8, 4) is 0 Å². The van der Waals surface area contributed by atoms with Gasteiger partial charge in [0.2, 0.25) is 0 Å². The molecule has 0 spiro atoms. The molecule has 0 aromatic heterocycles. The maximum absolute atomic E-state index is 5.44. The van der Waals surface area contributed by atoms with Gasteiger partial charge in [0.05, 0.1) is 6.10 Å². The third-order valence-electron chi connectivity index (χ3n) is 2.39. The number of benzene rings is 1. The average Bonchev–Trinajstić information content (AvgIpc) is 2.26. The molecule has 14 heavy (non-hydrogen) atoms. The zero-order chi connectivity index (χ0) is 10.6. The van der Waals surface area contributed by atoms with Crippen LogP contribution in [0.25, 0.3) is 12.2 Å². The van der Waals surface area contributed by atoms with Crippen LogP contribution in [0.3, 0.4) is 0 Å². The van der Waals surface area contributed by atoms with Crippen LogP contribution in [0.1, 0.15) is 29.7 Å². The first kappa shape index (κ1) is 11.0. The van der Waals surface area contributed by atoms with E-state index in [0.717, 1.165) is 21.6 Å². The molecule has 0 bridgehead atoms. The molecule has 1 unspecified atom stereocenters. The van der Waals surface area contributed by atoms with Crippen LogP contribution in [-0.4, -0.2) is 10.5 Å². The topological polar surface area (TPSA) is 9.23 Å². The Labute approximate surface area is 88.6 Å². The lowest BCUT2D eigenvalue weighted by atomic mass is 9.98. The number of rotatable bonds is 4. The second-order valence-electron chi connectivity index (χ2n) is 3.14. The van der Waals surface area contributed by atoms with Crippen molar-refractivity contribution in [2.45, 2.75) is 13.0 Å². The highest BCUT2D eigenvalue weighted by Crippen LogP contribution is 2.24. The van der Waals surface area contributed by atoms with Gasteiger partial charge in [0.25, 0.3) is 0 Å². The fourth-order valence-electron chi connectivity index (χ4n) is 1.50. The van der Waals surface area contributed by atoms with Gasteiger partial charge in [-0.25, -0.2) is 0 Å². The molecule has 1 aromatic rings. The summed E-state index contributed by atoms with van der Waals surface area (Å²) in [7, 11) is 0.747. The quantitative estimate of drug-likeness (QED) is 0.684. The Balaban J connectivity index is 3.28.